The normalized spacial score (nSPS) is 10.3. The second-order valence-corrected chi connectivity index (χ2v) is 5.24. The summed E-state index contributed by atoms with van der Waals surface area (Å²) in [6, 6.07) is 9.69. The minimum atomic E-state index is -0.362. The third kappa shape index (κ3) is 3.46. The molecular formula is C15H13ClFNOS. The number of ether oxygens (including phenoxy) is 1. The van der Waals surface area contributed by atoms with Gasteiger partial charge in [-0.25, -0.2) is 4.39 Å². The van der Waals surface area contributed by atoms with E-state index in [1.165, 1.54) is 12.1 Å². The molecule has 2 rings (SSSR count). The first-order valence-electron chi connectivity index (χ1n) is 5.94. The van der Waals surface area contributed by atoms with Crippen LogP contribution >= 0.6 is 23.8 Å². The molecule has 0 aliphatic carbocycles. The molecular weight excluding hydrogens is 297 g/mol. The Bertz CT molecular complexity index is 660. The van der Waals surface area contributed by atoms with Crippen LogP contribution in [0.3, 0.4) is 0 Å². The van der Waals surface area contributed by atoms with Gasteiger partial charge in [0.1, 0.15) is 23.2 Å². The molecule has 0 aliphatic heterocycles. The van der Waals surface area contributed by atoms with Gasteiger partial charge in [0.2, 0.25) is 0 Å². The van der Waals surface area contributed by atoms with Crippen molar-refractivity contribution < 1.29 is 9.13 Å². The van der Waals surface area contributed by atoms with Gasteiger partial charge in [-0.05, 0) is 42.8 Å². The molecule has 0 amide bonds. The van der Waals surface area contributed by atoms with Gasteiger partial charge in [-0.2, -0.15) is 0 Å². The third-order valence-electron chi connectivity index (χ3n) is 2.80. The Morgan fingerprint density at radius 3 is 2.75 bits per heavy atom. The molecule has 2 nitrogen and oxygen atoms in total. The van der Waals surface area contributed by atoms with E-state index in [4.69, 9.17) is 34.3 Å². The Morgan fingerprint density at radius 1 is 1.30 bits per heavy atom. The average molecular weight is 310 g/mol. The van der Waals surface area contributed by atoms with Gasteiger partial charge in [-0.1, -0.05) is 29.9 Å². The van der Waals surface area contributed by atoms with Crippen molar-refractivity contribution in [3.05, 3.63) is 63.9 Å². The summed E-state index contributed by atoms with van der Waals surface area (Å²) in [5.74, 6) is 0.184. The summed E-state index contributed by atoms with van der Waals surface area (Å²) < 4.78 is 18.9. The van der Waals surface area contributed by atoms with Crippen LogP contribution in [0.5, 0.6) is 5.75 Å². The standard InChI is InChI=1S/C15H13ClFNOS/c1-9-2-5-13(16)14(6-9)19-8-10-7-11(17)3-4-12(10)15(18)20/h2-7H,8H2,1H3,(H2,18,20). The Labute approximate surface area is 127 Å². The molecule has 104 valence electrons. The van der Waals surface area contributed by atoms with Crippen molar-refractivity contribution in [2.75, 3.05) is 0 Å². The number of halogens is 2. The zero-order valence-corrected chi connectivity index (χ0v) is 12.4. The highest BCUT2D eigenvalue weighted by Gasteiger charge is 2.09. The van der Waals surface area contributed by atoms with Crippen molar-refractivity contribution in [2.45, 2.75) is 13.5 Å². The quantitative estimate of drug-likeness (QED) is 0.867. The molecule has 0 saturated heterocycles. The van der Waals surface area contributed by atoms with E-state index in [2.05, 4.69) is 0 Å². The summed E-state index contributed by atoms with van der Waals surface area (Å²) >= 11 is 11.0. The van der Waals surface area contributed by atoms with Crippen molar-refractivity contribution in [1.29, 1.82) is 0 Å². The van der Waals surface area contributed by atoms with E-state index in [0.29, 0.717) is 21.9 Å². The first kappa shape index (κ1) is 14.8. The topological polar surface area (TPSA) is 35.2 Å². The lowest BCUT2D eigenvalue weighted by molar-refractivity contribution is 0.305. The van der Waals surface area contributed by atoms with Crippen molar-refractivity contribution in [3.63, 3.8) is 0 Å². The van der Waals surface area contributed by atoms with Gasteiger partial charge >= 0.3 is 0 Å². The highest BCUT2D eigenvalue weighted by Crippen LogP contribution is 2.26. The molecule has 0 heterocycles. The van der Waals surface area contributed by atoms with Gasteiger partial charge in [-0.15, -0.1) is 0 Å². The smallest absolute Gasteiger partial charge is 0.138 e. The van der Waals surface area contributed by atoms with Crippen LogP contribution in [-0.2, 0) is 6.61 Å². The second-order valence-electron chi connectivity index (χ2n) is 4.39. The van der Waals surface area contributed by atoms with E-state index in [1.807, 2.05) is 19.1 Å². The Kier molecular flexibility index (Phi) is 4.57. The number of thiocarbonyl (C=S) groups is 1. The van der Waals surface area contributed by atoms with E-state index in [-0.39, 0.29) is 17.4 Å². The van der Waals surface area contributed by atoms with E-state index < -0.39 is 0 Å². The zero-order chi connectivity index (χ0) is 14.7. The van der Waals surface area contributed by atoms with Gasteiger partial charge in [0, 0.05) is 11.1 Å². The van der Waals surface area contributed by atoms with Crippen LogP contribution in [0.4, 0.5) is 4.39 Å². The monoisotopic (exact) mass is 309 g/mol. The number of nitrogens with two attached hydrogens (primary N) is 1. The minimum Gasteiger partial charge on any atom is -0.487 e. The summed E-state index contributed by atoms with van der Waals surface area (Å²) in [7, 11) is 0. The summed E-state index contributed by atoms with van der Waals surface area (Å²) in [5, 5.41) is 0.504. The number of hydrogen-bond acceptors (Lipinski definition) is 2. The van der Waals surface area contributed by atoms with Crippen molar-refractivity contribution in [3.8, 4) is 5.75 Å². The molecule has 0 unspecified atom stereocenters. The van der Waals surface area contributed by atoms with Crippen LogP contribution in [-0.4, -0.2) is 4.99 Å². The van der Waals surface area contributed by atoms with Crippen LogP contribution < -0.4 is 10.5 Å². The van der Waals surface area contributed by atoms with Gasteiger partial charge in [0.25, 0.3) is 0 Å². The summed E-state index contributed by atoms with van der Waals surface area (Å²) in [4.78, 5) is 0.207. The maximum atomic E-state index is 13.3. The SMILES string of the molecule is Cc1ccc(Cl)c(OCc2cc(F)ccc2C(N)=S)c1. The number of benzene rings is 2. The van der Waals surface area contributed by atoms with Crippen LogP contribution in [0.2, 0.25) is 5.02 Å². The lowest BCUT2D eigenvalue weighted by Gasteiger charge is -2.12. The predicted octanol–water partition coefficient (Wildman–Crippen LogP) is 4.00. The van der Waals surface area contributed by atoms with E-state index in [0.717, 1.165) is 5.56 Å². The highest BCUT2D eigenvalue weighted by molar-refractivity contribution is 7.80. The van der Waals surface area contributed by atoms with Crippen LogP contribution in [0.1, 0.15) is 16.7 Å². The summed E-state index contributed by atoms with van der Waals surface area (Å²) in [6.45, 7) is 2.08. The second kappa shape index (κ2) is 6.20. The first-order chi connectivity index (χ1) is 9.47. The van der Waals surface area contributed by atoms with Crippen LogP contribution in [0, 0.1) is 12.7 Å². The zero-order valence-electron chi connectivity index (χ0n) is 10.8. The predicted molar refractivity (Wildman–Crippen MR) is 82.8 cm³/mol. The van der Waals surface area contributed by atoms with Gasteiger partial charge in [0.05, 0.1) is 5.02 Å². The molecule has 0 saturated carbocycles. The fourth-order valence-electron chi connectivity index (χ4n) is 1.80. The molecule has 0 fully saturated rings. The Morgan fingerprint density at radius 2 is 2.05 bits per heavy atom. The van der Waals surface area contributed by atoms with Crippen molar-refractivity contribution in [2.24, 2.45) is 5.73 Å². The average Bonchev–Trinajstić information content (AvgIpc) is 2.39. The molecule has 5 heteroatoms. The van der Waals surface area contributed by atoms with E-state index in [9.17, 15) is 4.39 Å². The Hall–Kier alpha value is -1.65. The van der Waals surface area contributed by atoms with Gasteiger partial charge in [0.15, 0.2) is 0 Å². The number of hydrogen-bond donors (Lipinski definition) is 1. The van der Waals surface area contributed by atoms with Crippen LogP contribution in [0.25, 0.3) is 0 Å². The summed E-state index contributed by atoms with van der Waals surface area (Å²) in [5.41, 5.74) is 7.84. The summed E-state index contributed by atoms with van der Waals surface area (Å²) in [6.07, 6.45) is 0. The van der Waals surface area contributed by atoms with Crippen molar-refractivity contribution in [1.82, 2.24) is 0 Å². The van der Waals surface area contributed by atoms with Gasteiger partial charge < -0.3 is 10.5 Å². The minimum absolute atomic E-state index is 0.146. The molecule has 0 aliphatic rings. The molecule has 2 aromatic rings. The molecule has 0 spiro atoms. The number of aryl methyl sites for hydroxylation is 1. The maximum Gasteiger partial charge on any atom is 0.138 e. The molecule has 20 heavy (non-hydrogen) atoms. The number of rotatable bonds is 4. The molecule has 2 aromatic carbocycles. The van der Waals surface area contributed by atoms with Crippen LogP contribution in [0.15, 0.2) is 36.4 Å². The molecule has 0 aromatic heterocycles. The molecule has 0 radical (unpaired) electrons. The van der Waals surface area contributed by atoms with Crippen molar-refractivity contribution >= 4 is 28.8 Å². The molecule has 0 atom stereocenters. The fourth-order valence-corrected chi connectivity index (χ4v) is 2.17. The van der Waals surface area contributed by atoms with Gasteiger partial charge in [-0.3, -0.25) is 0 Å². The maximum absolute atomic E-state index is 13.3. The molecule has 2 N–H and O–H groups in total. The lowest BCUT2D eigenvalue weighted by Crippen LogP contribution is -2.14. The van der Waals surface area contributed by atoms with E-state index >= 15 is 0 Å². The largest absolute Gasteiger partial charge is 0.487 e. The molecule has 0 bridgehead atoms. The first-order valence-corrected chi connectivity index (χ1v) is 6.73. The Balaban J connectivity index is 2.24. The fraction of sp³-hybridized carbons (Fsp3) is 0.133. The van der Waals surface area contributed by atoms with E-state index in [1.54, 1.807) is 12.1 Å². The third-order valence-corrected chi connectivity index (χ3v) is 3.33. The lowest BCUT2D eigenvalue weighted by atomic mass is 10.1. The highest BCUT2D eigenvalue weighted by atomic mass is 35.5.